The third-order valence-corrected chi connectivity index (χ3v) is 3.89. The Bertz CT molecular complexity index is 526. The fourth-order valence-corrected chi connectivity index (χ4v) is 2.66. The Morgan fingerprint density at radius 3 is 2.64 bits per heavy atom. The van der Waals surface area contributed by atoms with E-state index in [1.54, 1.807) is 4.90 Å². The summed E-state index contributed by atoms with van der Waals surface area (Å²) in [5.41, 5.74) is 0.194. The number of carbonyl (C=O) groups excluding carboxylic acids is 1. The fourth-order valence-electron chi connectivity index (χ4n) is 2.66. The largest absolute Gasteiger partial charge is 0.337 e. The number of aromatic amines is 1. The number of rotatable bonds is 5. The number of carbonyl (C=O) groups is 1. The quantitative estimate of drug-likeness (QED) is 0.628. The minimum absolute atomic E-state index is 0. The van der Waals surface area contributed by atoms with Gasteiger partial charge in [0, 0.05) is 19.1 Å². The molecule has 2 N–H and O–H groups in total. The first kappa shape index (κ1) is 18.4. The zero-order valence-corrected chi connectivity index (χ0v) is 13.6. The molecule has 1 aliphatic heterocycles. The number of nitrogens with one attached hydrogen (secondary N) is 2. The van der Waals surface area contributed by atoms with Gasteiger partial charge in [0.1, 0.15) is 5.69 Å². The van der Waals surface area contributed by atoms with Crippen molar-refractivity contribution in [2.75, 3.05) is 20.1 Å². The van der Waals surface area contributed by atoms with E-state index in [1.165, 1.54) is 0 Å². The molecule has 0 bridgehead atoms. The zero-order chi connectivity index (χ0) is 15.4. The van der Waals surface area contributed by atoms with Gasteiger partial charge in [0.05, 0.1) is 4.92 Å². The number of aryl methyl sites for hydroxylation is 1. The van der Waals surface area contributed by atoms with E-state index in [1.807, 2.05) is 14.0 Å². The molecule has 0 aromatic carbocycles. The SMILES string of the molecule is CCCc1[nH]nc(C(=O)N2CCC(NC)CC2)c1[N+](=O)[O-].Cl. The highest BCUT2D eigenvalue weighted by Crippen LogP contribution is 2.24. The Kier molecular flexibility index (Phi) is 6.76. The lowest BCUT2D eigenvalue weighted by molar-refractivity contribution is -0.385. The number of nitro groups is 1. The summed E-state index contributed by atoms with van der Waals surface area (Å²) in [6.45, 7) is 3.11. The molecule has 124 valence electrons. The van der Waals surface area contributed by atoms with Crippen LogP contribution < -0.4 is 5.32 Å². The molecule has 0 saturated carbocycles. The van der Waals surface area contributed by atoms with Crippen LogP contribution >= 0.6 is 12.4 Å². The van der Waals surface area contributed by atoms with E-state index in [0.717, 1.165) is 19.3 Å². The van der Waals surface area contributed by atoms with Crippen molar-refractivity contribution in [3.05, 3.63) is 21.5 Å². The minimum Gasteiger partial charge on any atom is -0.337 e. The van der Waals surface area contributed by atoms with Crippen LogP contribution in [0.15, 0.2) is 0 Å². The topological polar surface area (TPSA) is 104 Å². The molecule has 1 amide bonds. The average molecular weight is 332 g/mol. The van der Waals surface area contributed by atoms with Gasteiger partial charge in [0.25, 0.3) is 5.91 Å². The fraction of sp³-hybridized carbons (Fsp3) is 0.692. The van der Waals surface area contributed by atoms with Crippen LogP contribution in [0, 0.1) is 10.1 Å². The van der Waals surface area contributed by atoms with Crippen molar-refractivity contribution >= 4 is 24.0 Å². The van der Waals surface area contributed by atoms with E-state index in [0.29, 0.717) is 31.2 Å². The lowest BCUT2D eigenvalue weighted by Gasteiger charge is -2.31. The van der Waals surface area contributed by atoms with Crippen molar-refractivity contribution in [2.24, 2.45) is 0 Å². The van der Waals surface area contributed by atoms with Gasteiger partial charge in [-0.05, 0) is 26.3 Å². The molecule has 9 heteroatoms. The molecule has 2 heterocycles. The number of halogens is 1. The molecule has 0 spiro atoms. The second kappa shape index (κ2) is 8.09. The van der Waals surface area contributed by atoms with E-state index < -0.39 is 4.92 Å². The zero-order valence-electron chi connectivity index (χ0n) is 12.8. The molecule has 8 nitrogen and oxygen atoms in total. The normalized spacial score (nSPS) is 15.5. The number of likely N-dealkylation sites (tertiary alicyclic amines) is 1. The third-order valence-electron chi connectivity index (χ3n) is 3.89. The first-order valence-electron chi connectivity index (χ1n) is 7.26. The number of H-pyrrole nitrogens is 1. The van der Waals surface area contributed by atoms with E-state index in [-0.39, 0.29) is 29.7 Å². The van der Waals surface area contributed by atoms with E-state index in [2.05, 4.69) is 15.5 Å². The highest BCUT2D eigenvalue weighted by molar-refractivity contribution is 5.96. The van der Waals surface area contributed by atoms with Gasteiger partial charge in [-0.15, -0.1) is 12.4 Å². The smallest absolute Gasteiger partial charge is 0.322 e. The van der Waals surface area contributed by atoms with Crippen molar-refractivity contribution < 1.29 is 9.72 Å². The summed E-state index contributed by atoms with van der Waals surface area (Å²) in [6, 6.07) is 0.402. The molecule has 0 unspecified atom stereocenters. The first-order chi connectivity index (χ1) is 10.1. The second-order valence-electron chi connectivity index (χ2n) is 5.26. The molecule has 1 saturated heterocycles. The highest BCUT2D eigenvalue weighted by Gasteiger charge is 2.33. The van der Waals surface area contributed by atoms with Crippen LogP contribution in [-0.4, -0.2) is 52.1 Å². The minimum atomic E-state index is -0.512. The summed E-state index contributed by atoms with van der Waals surface area (Å²) in [7, 11) is 1.90. The van der Waals surface area contributed by atoms with Gasteiger partial charge < -0.3 is 10.2 Å². The number of nitrogens with zero attached hydrogens (tertiary/aromatic N) is 3. The average Bonchev–Trinajstić information content (AvgIpc) is 2.91. The van der Waals surface area contributed by atoms with Gasteiger partial charge in [-0.2, -0.15) is 5.10 Å². The number of aromatic nitrogens is 2. The first-order valence-corrected chi connectivity index (χ1v) is 7.26. The maximum atomic E-state index is 12.5. The van der Waals surface area contributed by atoms with Gasteiger partial charge in [-0.3, -0.25) is 20.0 Å². The van der Waals surface area contributed by atoms with Crippen LogP contribution in [0.2, 0.25) is 0 Å². The van der Waals surface area contributed by atoms with Crippen molar-refractivity contribution in [1.29, 1.82) is 0 Å². The number of hydrogen-bond acceptors (Lipinski definition) is 5. The predicted octanol–water partition coefficient (Wildman–Crippen LogP) is 1.52. The van der Waals surface area contributed by atoms with E-state index in [9.17, 15) is 14.9 Å². The summed E-state index contributed by atoms with van der Waals surface area (Å²) < 4.78 is 0. The summed E-state index contributed by atoms with van der Waals surface area (Å²) in [5.74, 6) is -0.352. The van der Waals surface area contributed by atoms with Crippen LogP contribution in [0.1, 0.15) is 42.4 Å². The third kappa shape index (κ3) is 3.75. The summed E-state index contributed by atoms with van der Waals surface area (Å²) in [6.07, 6.45) is 2.97. The summed E-state index contributed by atoms with van der Waals surface area (Å²) >= 11 is 0. The molecule has 22 heavy (non-hydrogen) atoms. The lowest BCUT2D eigenvalue weighted by Crippen LogP contribution is -2.44. The van der Waals surface area contributed by atoms with Crippen molar-refractivity contribution in [3.8, 4) is 0 Å². The standard InChI is InChI=1S/C13H21N5O3.ClH/c1-3-4-10-12(18(20)21)11(16-15-10)13(19)17-7-5-9(14-2)6-8-17;/h9,14H,3-8H2,1-2H3,(H,15,16);1H. The predicted molar refractivity (Wildman–Crippen MR) is 84.5 cm³/mol. The Balaban J connectivity index is 0.00000242. The maximum Gasteiger partial charge on any atom is 0.322 e. The van der Waals surface area contributed by atoms with Crippen LogP contribution in [0.25, 0.3) is 0 Å². The van der Waals surface area contributed by atoms with Gasteiger partial charge in [0.2, 0.25) is 5.69 Å². The summed E-state index contributed by atoms with van der Waals surface area (Å²) in [5, 5.41) is 21.0. The van der Waals surface area contributed by atoms with Gasteiger partial charge >= 0.3 is 5.69 Å². The molecule has 1 aromatic heterocycles. The highest BCUT2D eigenvalue weighted by atomic mass is 35.5. The van der Waals surface area contributed by atoms with Crippen LogP contribution in [-0.2, 0) is 6.42 Å². The van der Waals surface area contributed by atoms with Gasteiger partial charge in [-0.1, -0.05) is 13.3 Å². The van der Waals surface area contributed by atoms with E-state index in [4.69, 9.17) is 0 Å². The molecular formula is C13H22ClN5O3. The molecule has 0 aliphatic carbocycles. The van der Waals surface area contributed by atoms with Crippen LogP contribution in [0.3, 0.4) is 0 Å². The number of piperidine rings is 1. The van der Waals surface area contributed by atoms with Crippen molar-refractivity contribution in [3.63, 3.8) is 0 Å². The monoisotopic (exact) mass is 331 g/mol. The lowest BCUT2D eigenvalue weighted by atomic mass is 10.0. The summed E-state index contributed by atoms with van der Waals surface area (Å²) in [4.78, 5) is 24.8. The van der Waals surface area contributed by atoms with E-state index >= 15 is 0 Å². The van der Waals surface area contributed by atoms with Gasteiger partial charge in [0.15, 0.2) is 0 Å². The van der Waals surface area contributed by atoms with Crippen molar-refractivity contribution in [2.45, 2.75) is 38.6 Å². The Labute approximate surface area is 135 Å². The Morgan fingerprint density at radius 2 is 2.14 bits per heavy atom. The molecule has 0 atom stereocenters. The molecule has 0 radical (unpaired) electrons. The van der Waals surface area contributed by atoms with Gasteiger partial charge in [-0.25, -0.2) is 0 Å². The number of amides is 1. The molecule has 2 rings (SSSR count). The molecule has 1 aromatic rings. The Hall–Kier alpha value is -1.67. The van der Waals surface area contributed by atoms with Crippen LogP contribution in [0.4, 0.5) is 5.69 Å². The Morgan fingerprint density at radius 1 is 1.50 bits per heavy atom. The maximum absolute atomic E-state index is 12.5. The molecular weight excluding hydrogens is 310 g/mol. The second-order valence-corrected chi connectivity index (χ2v) is 5.26. The molecule has 1 fully saturated rings. The number of hydrogen-bond donors (Lipinski definition) is 2. The van der Waals surface area contributed by atoms with Crippen molar-refractivity contribution in [1.82, 2.24) is 20.4 Å². The molecule has 1 aliphatic rings. The van der Waals surface area contributed by atoms with Crippen LogP contribution in [0.5, 0.6) is 0 Å².